The number of nitrogens with zero attached hydrogens (tertiary/aromatic N) is 2. The Labute approximate surface area is 113 Å². The number of aromatic nitrogens is 2. The summed E-state index contributed by atoms with van der Waals surface area (Å²) < 4.78 is 4.59. The summed E-state index contributed by atoms with van der Waals surface area (Å²) >= 11 is 3.11. The molecule has 0 bridgehead atoms. The minimum absolute atomic E-state index is 0.208. The molecule has 2 aromatic rings. The molecule has 0 aliphatic heterocycles. The fourth-order valence-electron chi connectivity index (χ4n) is 1.33. The molecule has 5 nitrogen and oxygen atoms in total. The van der Waals surface area contributed by atoms with Gasteiger partial charge in [-0.1, -0.05) is 0 Å². The largest absolute Gasteiger partial charge is 0.469 e. The molecule has 0 aromatic carbocycles. The smallest absolute Gasteiger partial charge is 0.305 e. The maximum absolute atomic E-state index is 11.0. The number of rotatable bonds is 6. The molecule has 0 radical (unpaired) electrons. The Morgan fingerprint density at radius 3 is 3.06 bits per heavy atom. The lowest BCUT2D eigenvalue weighted by Crippen LogP contribution is -2.02. The lowest BCUT2D eigenvalue weighted by Gasteiger charge is -1.98. The zero-order valence-corrected chi connectivity index (χ0v) is 11.5. The zero-order valence-electron chi connectivity index (χ0n) is 9.88. The third kappa shape index (κ3) is 3.78. The van der Waals surface area contributed by atoms with Gasteiger partial charge in [0.05, 0.1) is 37.0 Å². The van der Waals surface area contributed by atoms with Crippen molar-refractivity contribution in [2.75, 3.05) is 12.4 Å². The van der Waals surface area contributed by atoms with Crippen molar-refractivity contribution in [2.24, 2.45) is 0 Å². The van der Waals surface area contributed by atoms with Gasteiger partial charge in [0.15, 0.2) is 5.13 Å². The maximum Gasteiger partial charge on any atom is 0.305 e. The van der Waals surface area contributed by atoms with Crippen molar-refractivity contribution in [1.82, 2.24) is 9.97 Å². The van der Waals surface area contributed by atoms with Gasteiger partial charge in [0.1, 0.15) is 0 Å². The third-order valence-corrected chi connectivity index (χ3v) is 3.75. The summed E-state index contributed by atoms with van der Waals surface area (Å²) in [5.41, 5.74) is 3.72. The number of anilines is 1. The minimum Gasteiger partial charge on any atom is -0.469 e. The summed E-state index contributed by atoms with van der Waals surface area (Å²) in [7, 11) is 1.39. The minimum atomic E-state index is -0.208. The van der Waals surface area contributed by atoms with Gasteiger partial charge in [-0.25, -0.2) is 9.97 Å². The zero-order chi connectivity index (χ0) is 12.8. The van der Waals surface area contributed by atoms with Crippen LogP contribution in [0.15, 0.2) is 16.3 Å². The third-order valence-electron chi connectivity index (χ3n) is 2.27. The van der Waals surface area contributed by atoms with Crippen LogP contribution >= 0.6 is 22.7 Å². The van der Waals surface area contributed by atoms with Gasteiger partial charge < -0.3 is 10.1 Å². The van der Waals surface area contributed by atoms with E-state index in [-0.39, 0.29) is 5.97 Å². The molecule has 0 spiro atoms. The predicted octanol–water partition coefficient (Wildman–Crippen LogP) is 2.32. The lowest BCUT2D eigenvalue weighted by molar-refractivity contribution is -0.140. The second kappa shape index (κ2) is 6.46. The van der Waals surface area contributed by atoms with Crippen LogP contribution in [0.3, 0.4) is 0 Å². The number of esters is 1. The summed E-state index contributed by atoms with van der Waals surface area (Å²) in [6.07, 6.45) is 0.979. The molecule has 2 aromatic heterocycles. The molecule has 0 saturated carbocycles. The Morgan fingerprint density at radius 2 is 2.33 bits per heavy atom. The molecule has 18 heavy (non-hydrogen) atoms. The fraction of sp³-hybridized carbons (Fsp3) is 0.364. The molecule has 7 heteroatoms. The van der Waals surface area contributed by atoms with Crippen LogP contribution in [0, 0.1) is 0 Å². The maximum atomic E-state index is 11.0. The average Bonchev–Trinajstić information content (AvgIpc) is 3.04. The molecule has 0 unspecified atom stereocenters. The number of ether oxygens (including phenoxy) is 1. The van der Waals surface area contributed by atoms with Crippen LogP contribution in [-0.4, -0.2) is 23.0 Å². The van der Waals surface area contributed by atoms with E-state index in [9.17, 15) is 4.79 Å². The second-order valence-electron chi connectivity index (χ2n) is 3.55. The molecule has 96 valence electrons. The number of methoxy groups -OCH3 is 1. The average molecular weight is 283 g/mol. The van der Waals surface area contributed by atoms with Crippen molar-refractivity contribution in [3.8, 4) is 0 Å². The van der Waals surface area contributed by atoms with Crippen LogP contribution in [-0.2, 0) is 22.5 Å². The quantitative estimate of drug-likeness (QED) is 0.824. The van der Waals surface area contributed by atoms with E-state index in [0.29, 0.717) is 19.4 Å². The number of carbonyl (C=O) groups excluding carboxylic acids is 1. The number of nitrogens with one attached hydrogen (secondary N) is 1. The molecule has 0 saturated heterocycles. The molecular weight excluding hydrogens is 270 g/mol. The molecule has 2 heterocycles. The van der Waals surface area contributed by atoms with Crippen molar-refractivity contribution in [3.05, 3.63) is 27.7 Å². The van der Waals surface area contributed by atoms with Gasteiger partial charge in [-0.2, -0.15) is 0 Å². The van der Waals surface area contributed by atoms with Gasteiger partial charge >= 0.3 is 5.97 Å². The molecule has 1 N–H and O–H groups in total. The van der Waals surface area contributed by atoms with Gasteiger partial charge in [0.2, 0.25) is 0 Å². The molecule has 0 fully saturated rings. The van der Waals surface area contributed by atoms with Crippen LogP contribution in [0.4, 0.5) is 5.13 Å². The highest BCUT2D eigenvalue weighted by Gasteiger charge is 2.06. The van der Waals surface area contributed by atoms with E-state index in [1.54, 1.807) is 16.8 Å². The standard InChI is InChI=1S/C11H13N3O2S2/c1-16-10(15)3-2-8-6-18-11(14-8)12-4-9-5-17-7-13-9/h5-7H,2-4H2,1H3,(H,12,14). The fourth-order valence-corrected chi connectivity index (χ4v) is 2.63. The first-order valence-corrected chi connectivity index (χ1v) is 7.22. The van der Waals surface area contributed by atoms with E-state index < -0.39 is 0 Å². The van der Waals surface area contributed by atoms with E-state index in [0.717, 1.165) is 16.5 Å². The Bertz CT molecular complexity index is 496. The van der Waals surface area contributed by atoms with Crippen LogP contribution in [0.5, 0.6) is 0 Å². The number of aryl methyl sites for hydroxylation is 1. The van der Waals surface area contributed by atoms with Gasteiger partial charge in [-0.15, -0.1) is 22.7 Å². The molecule has 0 aliphatic rings. The van der Waals surface area contributed by atoms with Crippen molar-refractivity contribution >= 4 is 33.8 Å². The summed E-state index contributed by atoms with van der Waals surface area (Å²) in [5.74, 6) is -0.208. The first-order valence-electron chi connectivity index (χ1n) is 5.40. The van der Waals surface area contributed by atoms with E-state index >= 15 is 0 Å². The summed E-state index contributed by atoms with van der Waals surface area (Å²) in [4.78, 5) is 19.6. The van der Waals surface area contributed by atoms with E-state index in [1.807, 2.05) is 10.8 Å². The molecule has 0 aliphatic carbocycles. The highest BCUT2D eigenvalue weighted by molar-refractivity contribution is 7.13. The summed E-state index contributed by atoms with van der Waals surface area (Å²) in [5, 5.41) is 8.00. The highest BCUT2D eigenvalue weighted by Crippen LogP contribution is 2.17. The highest BCUT2D eigenvalue weighted by atomic mass is 32.1. The van der Waals surface area contributed by atoms with Crippen LogP contribution in [0.25, 0.3) is 0 Å². The molecule has 0 atom stereocenters. The van der Waals surface area contributed by atoms with E-state index in [4.69, 9.17) is 0 Å². The first kappa shape index (κ1) is 13.0. The van der Waals surface area contributed by atoms with Crippen LogP contribution < -0.4 is 5.32 Å². The van der Waals surface area contributed by atoms with Crippen LogP contribution in [0.2, 0.25) is 0 Å². The SMILES string of the molecule is COC(=O)CCc1csc(NCc2cscn2)n1. The number of hydrogen-bond acceptors (Lipinski definition) is 7. The summed E-state index contributed by atoms with van der Waals surface area (Å²) in [6, 6.07) is 0. The van der Waals surface area contributed by atoms with Crippen molar-refractivity contribution in [1.29, 1.82) is 0 Å². The molecular formula is C11H13N3O2S2. The second-order valence-corrected chi connectivity index (χ2v) is 5.13. The Morgan fingerprint density at radius 1 is 1.44 bits per heavy atom. The topological polar surface area (TPSA) is 64.1 Å². The van der Waals surface area contributed by atoms with Gasteiger partial charge in [-0.3, -0.25) is 4.79 Å². The van der Waals surface area contributed by atoms with Gasteiger partial charge in [-0.05, 0) is 0 Å². The Kier molecular flexibility index (Phi) is 4.66. The molecule has 2 rings (SSSR count). The van der Waals surface area contributed by atoms with Crippen molar-refractivity contribution in [3.63, 3.8) is 0 Å². The number of carbonyl (C=O) groups is 1. The molecule has 0 amide bonds. The Hall–Kier alpha value is -1.47. The van der Waals surface area contributed by atoms with Crippen molar-refractivity contribution < 1.29 is 9.53 Å². The van der Waals surface area contributed by atoms with Gasteiger partial charge in [0.25, 0.3) is 0 Å². The normalized spacial score (nSPS) is 10.3. The predicted molar refractivity (Wildman–Crippen MR) is 71.9 cm³/mol. The number of thiazole rings is 2. The Balaban J connectivity index is 1.80. The van der Waals surface area contributed by atoms with Gasteiger partial charge in [0, 0.05) is 17.2 Å². The van der Waals surface area contributed by atoms with E-state index in [1.165, 1.54) is 18.4 Å². The van der Waals surface area contributed by atoms with Crippen LogP contribution in [0.1, 0.15) is 17.8 Å². The lowest BCUT2D eigenvalue weighted by atomic mass is 10.2. The number of hydrogen-bond donors (Lipinski definition) is 1. The summed E-state index contributed by atoms with van der Waals surface area (Å²) in [6.45, 7) is 0.674. The van der Waals surface area contributed by atoms with E-state index in [2.05, 4.69) is 20.0 Å². The van der Waals surface area contributed by atoms with Crippen molar-refractivity contribution in [2.45, 2.75) is 19.4 Å². The monoisotopic (exact) mass is 283 g/mol. The first-order chi connectivity index (χ1) is 8.78.